The Balaban J connectivity index is 1.45. The number of rotatable bonds is 13. The van der Waals surface area contributed by atoms with Gasteiger partial charge >= 0.3 is 5.97 Å². The molecule has 0 bridgehead atoms. The monoisotopic (exact) mass is 488 g/mol. The average Bonchev–Trinajstić information content (AvgIpc) is 3.67. The fourth-order valence-corrected chi connectivity index (χ4v) is 4.10. The first-order chi connectivity index (χ1) is 17.9. The van der Waals surface area contributed by atoms with Crippen LogP contribution < -0.4 is 9.47 Å². The molecular formula is C30H33NO5. The highest BCUT2D eigenvalue weighted by molar-refractivity contribution is 5.95. The maximum Gasteiger partial charge on any atom is 0.303 e. The Bertz CT molecular complexity index is 1220. The first-order valence-corrected chi connectivity index (χ1v) is 12.4. The Labute approximate surface area is 213 Å². The maximum absolute atomic E-state index is 13.6. The van der Waals surface area contributed by atoms with Crippen molar-refractivity contribution in [2.24, 2.45) is 0 Å². The molecule has 0 atom stereocenters. The second kappa shape index (κ2) is 12.2. The molecule has 1 amide bonds. The lowest BCUT2D eigenvalue weighted by Crippen LogP contribution is -2.32. The number of carbonyl (C=O) groups excluding carboxylic acids is 1. The topological polar surface area (TPSA) is 76.1 Å². The van der Waals surface area contributed by atoms with Crippen molar-refractivity contribution in [3.63, 3.8) is 0 Å². The first kappa shape index (κ1) is 23.9. The van der Waals surface area contributed by atoms with Gasteiger partial charge in [0.1, 0.15) is 11.5 Å². The van der Waals surface area contributed by atoms with Crippen LogP contribution in [0.2, 0.25) is 0 Å². The van der Waals surface area contributed by atoms with Crippen LogP contribution in [0.1, 0.15) is 55.8 Å². The van der Waals surface area contributed by atoms with Gasteiger partial charge in [0, 0.05) is 30.1 Å². The molecule has 0 aromatic heterocycles. The molecule has 0 saturated heterocycles. The molecule has 0 spiro atoms. The van der Waals surface area contributed by atoms with Crippen molar-refractivity contribution in [2.75, 3.05) is 13.7 Å². The Morgan fingerprint density at radius 2 is 1.75 bits per heavy atom. The number of amides is 1. The quantitative estimate of drug-likeness (QED) is 0.290. The zero-order valence-electron chi connectivity index (χ0n) is 21.6. The predicted molar refractivity (Wildman–Crippen MR) is 139 cm³/mol. The molecule has 6 heteroatoms. The maximum atomic E-state index is 13.6. The lowest BCUT2D eigenvalue weighted by molar-refractivity contribution is -0.137. The van der Waals surface area contributed by atoms with Gasteiger partial charge < -0.3 is 19.5 Å². The van der Waals surface area contributed by atoms with Gasteiger partial charge in [0.15, 0.2) is 0 Å². The van der Waals surface area contributed by atoms with Crippen molar-refractivity contribution in [3.05, 3.63) is 83.9 Å². The van der Waals surface area contributed by atoms with Gasteiger partial charge in [-0.15, -0.1) is 0 Å². The van der Waals surface area contributed by atoms with E-state index in [0.717, 1.165) is 35.3 Å². The number of carboxylic acids is 1. The van der Waals surface area contributed by atoms with Crippen molar-refractivity contribution in [2.45, 2.75) is 51.1 Å². The zero-order valence-corrected chi connectivity index (χ0v) is 20.6. The number of ether oxygens (including phenoxy) is 2. The van der Waals surface area contributed by atoms with Crippen molar-refractivity contribution in [1.29, 1.82) is 0 Å². The summed E-state index contributed by atoms with van der Waals surface area (Å²) in [6.07, 6.45) is 3.62. The molecular weight excluding hydrogens is 454 g/mol. The molecule has 1 saturated carbocycles. The average molecular weight is 489 g/mol. The number of aliphatic carboxylic acids is 1. The highest BCUT2D eigenvalue weighted by Gasteiger charge is 2.33. The van der Waals surface area contributed by atoms with Gasteiger partial charge in [-0.25, -0.2) is 0 Å². The van der Waals surface area contributed by atoms with Crippen LogP contribution in [0.4, 0.5) is 0 Å². The van der Waals surface area contributed by atoms with E-state index < -0.39 is 12.0 Å². The summed E-state index contributed by atoms with van der Waals surface area (Å²) in [7, 11) is 1.63. The molecule has 1 aliphatic carbocycles. The van der Waals surface area contributed by atoms with Crippen LogP contribution in [0.5, 0.6) is 11.5 Å². The smallest absolute Gasteiger partial charge is 0.303 e. The molecule has 4 rings (SSSR count). The number of para-hydroxylation sites is 1. The molecule has 0 heterocycles. The minimum Gasteiger partial charge on any atom is -0.497 e. The summed E-state index contributed by atoms with van der Waals surface area (Å²) in [4.78, 5) is 25.9. The molecule has 3 aromatic rings. The Hall–Kier alpha value is -3.80. The Kier molecular flexibility index (Phi) is 8.14. The van der Waals surface area contributed by atoms with Crippen molar-refractivity contribution in [1.82, 2.24) is 4.90 Å². The molecule has 36 heavy (non-hydrogen) atoms. The molecule has 0 aliphatic heterocycles. The van der Waals surface area contributed by atoms with Gasteiger partial charge in [-0.2, -0.15) is 0 Å². The lowest BCUT2D eigenvalue weighted by Gasteiger charge is -2.24. The summed E-state index contributed by atoms with van der Waals surface area (Å²) in [5.41, 5.74) is 3.38. The van der Waals surface area contributed by atoms with Crippen LogP contribution in [-0.4, -0.2) is 41.6 Å². The highest BCUT2D eigenvalue weighted by atomic mass is 16.5. The van der Waals surface area contributed by atoms with Gasteiger partial charge in [0.05, 0.1) is 15.1 Å². The number of hydrogen-bond donors (Lipinski definition) is 1. The molecule has 0 radical (unpaired) electrons. The zero-order chi connectivity index (χ0) is 26.3. The second-order valence-corrected chi connectivity index (χ2v) is 8.93. The predicted octanol–water partition coefficient (Wildman–Crippen LogP) is 6.19. The molecule has 0 unspecified atom stereocenters. The third-order valence-corrected chi connectivity index (χ3v) is 6.23. The molecule has 3 aromatic carbocycles. The number of hydrogen-bond acceptors (Lipinski definition) is 4. The number of unbranched alkanes of at least 4 members (excludes halogenated alkanes) is 2. The highest BCUT2D eigenvalue weighted by Crippen LogP contribution is 2.32. The van der Waals surface area contributed by atoms with E-state index in [1.807, 2.05) is 72.8 Å². The van der Waals surface area contributed by atoms with E-state index in [2.05, 4.69) is 0 Å². The van der Waals surface area contributed by atoms with E-state index in [-0.39, 0.29) is 18.9 Å². The summed E-state index contributed by atoms with van der Waals surface area (Å²) in [6, 6.07) is 21.9. The van der Waals surface area contributed by atoms with Crippen molar-refractivity contribution in [3.8, 4) is 22.6 Å². The van der Waals surface area contributed by atoms with Crippen LogP contribution in [0.3, 0.4) is 0 Å². The minimum absolute atomic E-state index is 0.166. The van der Waals surface area contributed by atoms with Crippen LogP contribution in [-0.2, 0) is 11.3 Å². The Morgan fingerprint density at radius 3 is 2.47 bits per heavy atom. The summed E-state index contributed by atoms with van der Waals surface area (Å²) in [5, 5.41) is 8.77. The standard InChI is InChI=1S/C30H33NO5/c1-35-27-10-7-9-24(20-27)22-13-15-23(16-14-22)30(34)31(26-17-18-26)21-25-8-4-5-11-28(25)36-19-6-2-3-12-29(32)33/h4-5,7-11,13-16,20,26H,2-3,6,12,17-19,21H2,1H3,(H,32,33)/i26D. The van der Waals surface area contributed by atoms with Gasteiger partial charge in [0.2, 0.25) is 0 Å². The SMILES string of the molecule is [2H]C1(N(Cc2ccccc2OCCCCCC(=O)O)C(=O)c2ccc(-c3cccc(OC)c3)cc2)CC1. The molecule has 1 N–H and O–H groups in total. The van der Waals surface area contributed by atoms with Crippen LogP contribution in [0.15, 0.2) is 72.8 Å². The molecule has 6 nitrogen and oxygen atoms in total. The van der Waals surface area contributed by atoms with E-state index in [9.17, 15) is 9.59 Å². The van der Waals surface area contributed by atoms with E-state index in [1.54, 1.807) is 12.0 Å². The summed E-state index contributed by atoms with van der Waals surface area (Å²) >= 11 is 0. The normalized spacial score (nSPS) is 14.0. The van der Waals surface area contributed by atoms with Crippen molar-refractivity contribution < 1.29 is 25.5 Å². The number of carboxylic acid groups (broad SMARTS) is 1. The third-order valence-electron chi connectivity index (χ3n) is 6.23. The third kappa shape index (κ3) is 6.87. The number of carbonyl (C=O) groups is 2. The minimum atomic E-state index is -0.910. The van der Waals surface area contributed by atoms with Crippen LogP contribution in [0.25, 0.3) is 11.1 Å². The van der Waals surface area contributed by atoms with Crippen LogP contribution >= 0.6 is 0 Å². The van der Waals surface area contributed by atoms with E-state index in [0.29, 0.717) is 37.2 Å². The lowest BCUT2D eigenvalue weighted by atomic mass is 10.0. The van der Waals surface area contributed by atoms with E-state index >= 15 is 0 Å². The van der Waals surface area contributed by atoms with Gasteiger partial charge in [0.25, 0.3) is 5.91 Å². The molecule has 1 aliphatic rings. The fraction of sp³-hybridized carbons (Fsp3) is 0.333. The largest absolute Gasteiger partial charge is 0.497 e. The van der Waals surface area contributed by atoms with Gasteiger partial charge in [-0.3, -0.25) is 9.59 Å². The summed E-state index contributed by atoms with van der Waals surface area (Å²) < 4.78 is 20.1. The Morgan fingerprint density at radius 1 is 0.972 bits per heavy atom. The first-order valence-electron chi connectivity index (χ1n) is 12.9. The van der Waals surface area contributed by atoms with Crippen LogP contribution in [0, 0.1) is 0 Å². The number of methoxy groups -OCH3 is 1. The van der Waals surface area contributed by atoms with E-state index in [1.165, 1.54) is 0 Å². The number of benzene rings is 3. The fourth-order valence-electron chi connectivity index (χ4n) is 4.10. The molecule has 188 valence electrons. The summed E-state index contributed by atoms with van der Waals surface area (Å²) in [6.45, 7) is 0.761. The van der Waals surface area contributed by atoms with Crippen molar-refractivity contribution >= 4 is 11.9 Å². The number of nitrogens with zero attached hydrogens (tertiary/aromatic N) is 1. The summed E-state index contributed by atoms with van der Waals surface area (Å²) in [5.74, 6) is 0.509. The molecule has 1 fully saturated rings. The van der Waals surface area contributed by atoms with Gasteiger partial charge in [-0.1, -0.05) is 42.5 Å². The second-order valence-electron chi connectivity index (χ2n) is 8.93. The van der Waals surface area contributed by atoms with E-state index in [4.69, 9.17) is 16.0 Å². The van der Waals surface area contributed by atoms with Gasteiger partial charge in [-0.05, 0) is 73.6 Å².